The van der Waals surface area contributed by atoms with E-state index < -0.39 is 35.9 Å². The summed E-state index contributed by atoms with van der Waals surface area (Å²) in [6, 6.07) is 4.73. The fourth-order valence-electron chi connectivity index (χ4n) is 1.77. The second-order valence-electron chi connectivity index (χ2n) is 4.88. The molecule has 0 aliphatic rings. The van der Waals surface area contributed by atoms with Gasteiger partial charge in [-0.15, -0.1) is 23.1 Å². The summed E-state index contributed by atoms with van der Waals surface area (Å²) in [7, 11) is 0. The number of esters is 1. The molecule has 0 spiro atoms. The van der Waals surface area contributed by atoms with Crippen molar-refractivity contribution in [2.24, 2.45) is 0 Å². The van der Waals surface area contributed by atoms with Gasteiger partial charge in [0.05, 0.1) is 11.8 Å². The summed E-state index contributed by atoms with van der Waals surface area (Å²) >= 11 is 1.94. The van der Waals surface area contributed by atoms with E-state index in [9.17, 15) is 18.4 Å². The summed E-state index contributed by atoms with van der Waals surface area (Å²) in [6.07, 6.45) is 0. The van der Waals surface area contributed by atoms with Gasteiger partial charge >= 0.3 is 5.97 Å². The average Bonchev–Trinajstić information content (AvgIpc) is 3.00. The molecule has 130 valence electrons. The van der Waals surface area contributed by atoms with Crippen LogP contribution in [-0.4, -0.2) is 29.1 Å². The van der Waals surface area contributed by atoms with Crippen LogP contribution in [0, 0.1) is 29.9 Å². The van der Waals surface area contributed by atoms with E-state index >= 15 is 0 Å². The minimum atomic E-state index is -1.10. The second kappa shape index (κ2) is 8.69. The van der Waals surface area contributed by atoms with Crippen LogP contribution < -0.4 is 0 Å². The van der Waals surface area contributed by atoms with Gasteiger partial charge in [-0.05, 0) is 25.1 Å². The largest absolute Gasteiger partial charge is 0.457 e. The van der Waals surface area contributed by atoms with Crippen LogP contribution in [0.5, 0.6) is 0 Å². The number of ether oxygens (including phenoxy) is 1. The van der Waals surface area contributed by atoms with Crippen molar-refractivity contribution in [3.8, 4) is 6.07 Å². The highest BCUT2D eigenvalue weighted by molar-refractivity contribution is 8.00. The van der Waals surface area contributed by atoms with Gasteiger partial charge in [0, 0.05) is 16.0 Å². The Bertz CT molecular complexity index is 833. The Morgan fingerprint density at radius 2 is 2.20 bits per heavy atom. The van der Waals surface area contributed by atoms with Crippen molar-refractivity contribution in [2.75, 3.05) is 12.4 Å². The van der Waals surface area contributed by atoms with E-state index in [0.29, 0.717) is 10.7 Å². The van der Waals surface area contributed by atoms with Gasteiger partial charge < -0.3 is 4.74 Å². The molecule has 2 aromatic rings. The molecule has 1 atom stereocenters. The van der Waals surface area contributed by atoms with Crippen LogP contribution in [0.4, 0.5) is 8.78 Å². The third-order valence-corrected chi connectivity index (χ3v) is 4.98. The molecule has 25 heavy (non-hydrogen) atoms. The Hall–Kier alpha value is -2.31. The number of nitriles is 1. The number of carbonyl (C=O) groups excluding carboxylic acids is 2. The minimum absolute atomic E-state index is 0.0311. The number of Topliss-reactive ketones (excluding diaryl/α,β-unsaturated/α-hetero) is 1. The molecular weight excluding hydrogens is 370 g/mol. The van der Waals surface area contributed by atoms with Crippen molar-refractivity contribution < 1.29 is 23.1 Å². The maximum absolute atomic E-state index is 13.4. The fraction of sp³-hybridized carbons (Fsp3) is 0.250. The molecule has 0 amide bonds. The van der Waals surface area contributed by atoms with Crippen molar-refractivity contribution >= 4 is 34.9 Å². The number of thioether (sulfide) groups is 1. The van der Waals surface area contributed by atoms with Crippen LogP contribution in [0.1, 0.15) is 16.6 Å². The SMILES string of the molecule is Cc1csc([C@H](C#N)C(=O)COC(=O)CSc2cc(F)ccc2F)n1. The maximum Gasteiger partial charge on any atom is 0.316 e. The highest BCUT2D eigenvalue weighted by atomic mass is 32.2. The van der Waals surface area contributed by atoms with Crippen LogP contribution in [-0.2, 0) is 14.3 Å². The third kappa shape index (κ3) is 5.34. The van der Waals surface area contributed by atoms with Crippen LogP contribution >= 0.6 is 23.1 Å². The number of hydrogen-bond donors (Lipinski definition) is 0. The molecule has 9 heteroatoms. The summed E-state index contributed by atoms with van der Waals surface area (Å²) < 4.78 is 31.3. The van der Waals surface area contributed by atoms with E-state index in [1.807, 2.05) is 6.07 Å². The second-order valence-corrected chi connectivity index (χ2v) is 6.79. The van der Waals surface area contributed by atoms with Gasteiger partial charge in [-0.2, -0.15) is 5.26 Å². The van der Waals surface area contributed by atoms with Crippen LogP contribution in [0.25, 0.3) is 0 Å². The van der Waals surface area contributed by atoms with Crippen molar-refractivity contribution in [3.05, 3.63) is 45.9 Å². The van der Waals surface area contributed by atoms with Crippen molar-refractivity contribution in [1.82, 2.24) is 4.98 Å². The van der Waals surface area contributed by atoms with Crippen LogP contribution in [0.15, 0.2) is 28.5 Å². The lowest BCUT2D eigenvalue weighted by Gasteiger charge is -2.07. The number of thiazole rings is 1. The van der Waals surface area contributed by atoms with Gasteiger partial charge in [0.15, 0.2) is 18.3 Å². The number of aromatic nitrogens is 1. The summed E-state index contributed by atoms with van der Waals surface area (Å²) in [5.41, 5.74) is 0.693. The van der Waals surface area contributed by atoms with Gasteiger partial charge in [0.2, 0.25) is 0 Å². The molecule has 5 nitrogen and oxygen atoms in total. The summed E-state index contributed by atoms with van der Waals surface area (Å²) in [5, 5.41) is 11.2. The number of benzene rings is 1. The van der Waals surface area contributed by atoms with Crippen LogP contribution in [0.2, 0.25) is 0 Å². The fourth-order valence-corrected chi connectivity index (χ4v) is 3.39. The summed E-state index contributed by atoms with van der Waals surface area (Å²) in [6.45, 7) is 1.16. The van der Waals surface area contributed by atoms with Crippen molar-refractivity contribution in [3.63, 3.8) is 0 Å². The van der Waals surface area contributed by atoms with Crippen molar-refractivity contribution in [2.45, 2.75) is 17.7 Å². The molecule has 0 N–H and O–H groups in total. The van der Waals surface area contributed by atoms with Gasteiger partial charge in [0.25, 0.3) is 0 Å². The molecule has 0 aliphatic carbocycles. The first-order chi connectivity index (χ1) is 11.9. The Balaban J connectivity index is 1.85. The number of hydrogen-bond acceptors (Lipinski definition) is 7. The smallest absolute Gasteiger partial charge is 0.316 e. The van der Waals surface area contributed by atoms with Gasteiger partial charge in [-0.25, -0.2) is 13.8 Å². The monoisotopic (exact) mass is 382 g/mol. The van der Waals surface area contributed by atoms with Crippen LogP contribution in [0.3, 0.4) is 0 Å². The number of ketones is 1. The van der Waals surface area contributed by atoms with Gasteiger partial charge in [-0.1, -0.05) is 0 Å². The maximum atomic E-state index is 13.4. The molecule has 0 saturated heterocycles. The van der Waals surface area contributed by atoms with E-state index in [0.717, 1.165) is 30.0 Å². The van der Waals surface area contributed by atoms with Crippen molar-refractivity contribution in [1.29, 1.82) is 5.26 Å². The predicted molar refractivity (Wildman–Crippen MR) is 88.3 cm³/mol. The first-order valence-electron chi connectivity index (χ1n) is 6.98. The molecule has 0 radical (unpaired) electrons. The molecule has 1 aromatic heterocycles. The molecule has 1 heterocycles. The Kier molecular flexibility index (Phi) is 6.61. The first kappa shape index (κ1) is 19.0. The zero-order valence-electron chi connectivity index (χ0n) is 13.0. The Morgan fingerprint density at radius 3 is 2.84 bits per heavy atom. The molecule has 0 aliphatic heterocycles. The van der Waals surface area contributed by atoms with E-state index in [-0.39, 0.29) is 10.6 Å². The normalized spacial score (nSPS) is 11.6. The lowest BCUT2D eigenvalue weighted by molar-refractivity contribution is -0.145. The molecule has 0 unspecified atom stereocenters. The van der Waals surface area contributed by atoms with E-state index in [1.54, 1.807) is 12.3 Å². The predicted octanol–water partition coefficient (Wildman–Crippen LogP) is 3.24. The Morgan fingerprint density at radius 1 is 1.44 bits per heavy atom. The standard InChI is InChI=1S/C16H12F2N2O3S2/c1-9-7-25-16(20-9)11(5-19)13(21)6-23-15(22)8-24-14-4-10(17)2-3-12(14)18/h2-4,7,11H,6,8H2,1H3/t11-/m1/s1. The molecule has 0 saturated carbocycles. The zero-order chi connectivity index (χ0) is 18.4. The molecule has 0 bridgehead atoms. The van der Waals surface area contributed by atoms with E-state index in [2.05, 4.69) is 4.98 Å². The quantitative estimate of drug-likeness (QED) is 0.540. The minimum Gasteiger partial charge on any atom is -0.457 e. The molecule has 2 rings (SSSR count). The van der Waals surface area contributed by atoms with E-state index in [4.69, 9.17) is 10.00 Å². The third-order valence-electron chi connectivity index (χ3n) is 2.95. The molecule has 0 fully saturated rings. The lowest BCUT2D eigenvalue weighted by Crippen LogP contribution is -2.20. The zero-order valence-corrected chi connectivity index (χ0v) is 14.6. The van der Waals surface area contributed by atoms with Gasteiger partial charge in [0.1, 0.15) is 16.6 Å². The number of halogens is 2. The lowest BCUT2D eigenvalue weighted by atomic mass is 10.1. The number of rotatable bonds is 7. The topological polar surface area (TPSA) is 80.0 Å². The molecule has 1 aromatic carbocycles. The average molecular weight is 382 g/mol. The summed E-state index contributed by atoms with van der Waals surface area (Å²) in [5.74, 6) is -4.02. The number of carbonyl (C=O) groups is 2. The first-order valence-corrected chi connectivity index (χ1v) is 8.85. The highest BCUT2D eigenvalue weighted by Gasteiger charge is 2.24. The Labute approximate surface area is 150 Å². The number of aryl methyl sites for hydroxylation is 1. The summed E-state index contributed by atoms with van der Waals surface area (Å²) in [4.78, 5) is 27.7. The molecular formula is C16H12F2N2O3S2. The van der Waals surface area contributed by atoms with E-state index in [1.165, 1.54) is 11.3 Å². The number of nitrogens with zero attached hydrogens (tertiary/aromatic N) is 2. The highest BCUT2D eigenvalue weighted by Crippen LogP contribution is 2.23. The van der Waals surface area contributed by atoms with Gasteiger partial charge in [-0.3, -0.25) is 9.59 Å².